The van der Waals surface area contributed by atoms with Crippen molar-refractivity contribution in [2.24, 2.45) is 0 Å². The quantitative estimate of drug-likeness (QED) is 0.776. The molecule has 2 aliphatic heterocycles. The molecule has 0 aromatic carbocycles. The molecule has 2 aromatic heterocycles. The molecule has 142 valence electrons. The van der Waals surface area contributed by atoms with Crippen molar-refractivity contribution in [3.8, 4) is 0 Å². The van der Waals surface area contributed by atoms with E-state index in [4.69, 9.17) is 9.26 Å². The van der Waals surface area contributed by atoms with E-state index in [2.05, 4.69) is 25.2 Å². The van der Waals surface area contributed by atoms with Crippen molar-refractivity contribution < 1.29 is 9.26 Å². The van der Waals surface area contributed by atoms with Gasteiger partial charge < -0.3 is 19.1 Å². The van der Waals surface area contributed by atoms with E-state index in [1.165, 1.54) is 0 Å². The van der Waals surface area contributed by atoms with E-state index in [1.54, 1.807) is 11.8 Å². The van der Waals surface area contributed by atoms with Crippen molar-refractivity contribution in [3.05, 3.63) is 22.8 Å². The fourth-order valence-electron chi connectivity index (χ4n) is 3.80. The van der Waals surface area contributed by atoms with Crippen molar-refractivity contribution in [2.75, 3.05) is 19.7 Å². The highest BCUT2D eigenvalue weighted by Crippen LogP contribution is 2.31. The van der Waals surface area contributed by atoms with Gasteiger partial charge in [0.15, 0.2) is 5.16 Å². The van der Waals surface area contributed by atoms with Gasteiger partial charge in [0.05, 0.1) is 18.3 Å². The molecule has 2 saturated heterocycles. The van der Waals surface area contributed by atoms with E-state index >= 15 is 0 Å². The Labute approximate surface area is 158 Å². The van der Waals surface area contributed by atoms with Crippen LogP contribution in [0.5, 0.6) is 0 Å². The fourth-order valence-corrected chi connectivity index (χ4v) is 4.91. The van der Waals surface area contributed by atoms with Crippen LogP contribution in [0.4, 0.5) is 0 Å². The van der Waals surface area contributed by atoms with Gasteiger partial charge >= 0.3 is 0 Å². The molecule has 4 heterocycles. The first-order valence-corrected chi connectivity index (χ1v) is 10.5. The van der Waals surface area contributed by atoms with Crippen LogP contribution in [0.1, 0.15) is 54.4 Å². The van der Waals surface area contributed by atoms with Crippen LogP contribution in [0.2, 0.25) is 0 Å². The van der Waals surface area contributed by atoms with Crippen molar-refractivity contribution in [3.63, 3.8) is 0 Å². The van der Waals surface area contributed by atoms with Crippen molar-refractivity contribution >= 4 is 11.8 Å². The number of hydrogen-bond donors (Lipinski definition) is 1. The van der Waals surface area contributed by atoms with Crippen LogP contribution in [0.15, 0.2) is 9.68 Å². The lowest BCUT2D eigenvalue weighted by Gasteiger charge is -2.23. The SMILES string of the molecule is Cc1noc(C)c1CSc1nnc(C2CCNCC2)n1CC1CCCO1. The van der Waals surface area contributed by atoms with E-state index in [0.717, 1.165) is 85.7 Å². The first kappa shape index (κ1) is 18.0. The summed E-state index contributed by atoms with van der Waals surface area (Å²) in [6.07, 6.45) is 4.80. The Morgan fingerprint density at radius 2 is 2.04 bits per heavy atom. The largest absolute Gasteiger partial charge is 0.376 e. The Balaban J connectivity index is 1.55. The molecule has 0 saturated carbocycles. The van der Waals surface area contributed by atoms with Gasteiger partial charge in [0.2, 0.25) is 0 Å². The lowest BCUT2D eigenvalue weighted by atomic mass is 9.97. The molecule has 1 atom stereocenters. The third-order valence-electron chi connectivity index (χ3n) is 5.39. The Hall–Kier alpha value is -1.38. The molecule has 7 nitrogen and oxygen atoms in total. The van der Waals surface area contributed by atoms with Crippen molar-refractivity contribution in [1.29, 1.82) is 0 Å². The zero-order chi connectivity index (χ0) is 17.9. The lowest BCUT2D eigenvalue weighted by molar-refractivity contribution is 0.0936. The Bertz CT molecular complexity index is 713. The van der Waals surface area contributed by atoms with Gasteiger partial charge in [-0.25, -0.2) is 0 Å². The van der Waals surface area contributed by atoms with Gasteiger partial charge in [0.25, 0.3) is 0 Å². The van der Waals surface area contributed by atoms with Crippen LogP contribution >= 0.6 is 11.8 Å². The number of rotatable bonds is 6. The number of aromatic nitrogens is 4. The maximum absolute atomic E-state index is 5.89. The predicted octanol–water partition coefficient (Wildman–Crippen LogP) is 2.82. The summed E-state index contributed by atoms with van der Waals surface area (Å²) in [4.78, 5) is 0. The highest BCUT2D eigenvalue weighted by molar-refractivity contribution is 7.98. The van der Waals surface area contributed by atoms with E-state index in [9.17, 15) is 0 Å². The first-order valence-electron chi connectivity index (χ1n) is 9.52. The number of ether oxygens (including phenoxy) is 1. The molecular formula is C18H27N5O2S. The maximum atomic E-state index is 5.89. The molecule has 2 aromatic rings. The van der Waals surface area contributed by atoms with E-state index in [1.807, 2.05) is 13.8 Å². The molecule has 1 N–H and O–H groups in total. The summed E-state index contributed by atoms with van der Waals surface area (Å²) >= 11 is 1.72. The number of nitrogens with zero attached hydrogens (tertiary/aromatic N) is 4. The zero-order valence-corrected chi connectivity index (χ0v) is 16.3. The third-order valence-corrected chi connectivity index (χ3v) is 6.38. The fraction of sp³-hybridized carbons (Fsp3) is 0.722. The average Bonchev–Trinajstić information content (AvgIpc) is 3.38. The first-order chi connectivity index (χ1) is 12.7. The van der Waals surface area contributed by atoms with Crippen LogP contribution in [0.3, 0.4) is 0 Å². The van der Waals surface area contributed by atoms with Crippen molar-refractivity contribution in [2.45, 2.75) is 69.0 Å². The second kappa shape index (κ2) is 8.10. The van der Waals surface area contributed by atoms with Gasteiger partial charge in [0, 0.05) is 23.8 Å². The van der Waals surface area contributed by atoms with E-state index < -0.39 is 0 Å². The smallest absolute Gasteiger partial charge is 0.191 e. The monoisotopic (exact) mass is 377 g/mol. The van der Waals surface area contributed by atoms with Gasteiger partial charge in [0.1, 0.15) is 11.6 Å². The van der Waals surface area contributed by atoms with Gasteiger partial charge in [-0.3, -0.25) is 0 Å². The minimum absolute atomic E-state index is 0.282. The Morgan fingerprint density at radius 1 is 1.19 bits per heavy atom. The Morgan fingerprint density at radius 3 is 2.73 bits per heavy atom. The molecule has 8 heteroatoms. The molecule has 2 aliphatic rings. The maximum Gasteiger partial charge on any atom is 0.191 e. The molecule has 1 unspecified atom stereocenters. The molecule has 0 spiro atoms. The summed E-state index contributed by atoms with van der Waals surface area (Å²) in [6, 6.07) is 0. The average molecular weight is 378 g/mol. The number of nitrogens with one attached hydrogen (secondary N) is 1. The minimum Gasteiger partial charge on any atom is -0.376 e. The molecule has 2 fully saturated rings. The van der Waals surface area contributed by atoms with E-state index in [0.29, 0.717) is 5.92 Å². The van der Waals surface area contributed by atoms with Gasteiger partial charge in [-0.15, -0.1) is 10.2 Å². The molecule has 0 amide bonds. The van der Waals surface area contributed by atoms with Crippen LogP contribution in [-0.4, -0.2) is 45.7 Å². The van der Waals surface area contributed by atoms with Gasteiger partial charge in [-0.2, -0.15) is 0 Å². The molecule has 0 aliphatic carbocycles. The number of hydrogen-bond acceptors (Lipinski definition) is 7. The third kappa shape index (κ3) is 3.82. The van der Waals surface area contributed by atoms with Gasteiger partial charge in [-0.05, 0) is 52.6 Å². The molecular weight excluding hydrogens is 350 g/mol. The molecule has 0 radical (unpaired) electrons. The van der Waals surface area contributed by atoms with Crippen LogP contribution < -0.4 is 5.32 Å². The number of piperidine rings is 1. The summed E-state index contributed by atoms with van der Waals surface area (Å²) < 4.78 is 13.5. The molecule has 26 heavy (non-hydrogen) atoms. The second-order valence-corrected chi connectivity index (χ2v) is 8.14. The summed E-state index contributed by atoms with van der Waals surface area (Å²) in [7, 11) is 0. The number of aryl methyl sites for hydroxylation is 2. The highest BCUT2D eigenvalue weighted by Gasteiger charge is 2.26. The zero-order valence-electron chi connectivity index (χ0n) is 15.5. The highest BCUT2D eigenvalue weighted by atomic mass is 32.2. The summed E-state index contributed by atoms with van der Waals surface area (Å²) in [5, 5.41) is 17.6. The van der Waals surface area contributed by atoms with Crippen LogP contribution in [0, 0.1) is 13.8 Å². The Kier molecular flexibility index (Phi) is 5.61. The topological polar surface area (TPSA) is 78.0 Å². The summed E-state index contributed by atoms with van der Waals surface area (Å²) in [5.41, 5.74) is 2.11. The van der Waals surface area contributed by atoms with Crippen LogP contribution in [-0.2, 0) is 17.0 Å². The summed E-state index contributed by atoms with van der Waals surface area (Å²) in [5.74, 6) is 3.30. The second-order valence-electron chi connectivity index (χ2n) is 7.20. The number of thioether (sulfide) groups is 1. The predicted molar refractivity (Wildman–Crippen MR) is 99.4 cm³/mol. The van der Waals surface area contributed by atoms with Crippen LogP contribution in [0.25, 0.3) is 0 Å². The normalized spacial score (nSPS) is 21.5. The van der Waals surface area contributed by atoms with Crippen molar-refractivity contribution in [1.82, 2.24) is 25.2 Å². The van der Waals surface area contributed by atoms with E-state index in [-0.39, 0.29) is 6.10 Å². The van der Waals surface area contributed by atoms with Gasteiger partial charge in [-0.1, -0.05) is 16.9 Å². The standard InChI is InChI=1S/C18H27N5O2S/c1-12-16(13(2)25-22-12)11-26-18-21-20-17(14-5-7-19-8-6-14)23(18)10-15-4-3-9-24-15/h14-15,19H,3-11H2,1-2H3. The molecule has 0 bridgehead atoms. The lowest BCUT2D eigenvalue weighted by Crippen LogP contribution is -2.29. The minimum atomic E-state index is 0.282. The summed E-state index contributed by atoms with van der Waals surface area (Å²) in [6.45, 7) is 7.79. The molecule has 4 rings (SSSR count).